The van der Waals surface area contributed by atoms with Gasteiger partial charge < -0.3 is 9.47 Å². The SMILES string of the molecule is CCOc1cc(C(c2c(C)[nH]n(-c3ccccc3)c2=O)c2c(C)[nH]n(-c3ccccc3)c2=O)ccc1OC(=O)c1cccc([N+](=O)[O-])c1. The van der Waals surface area contributed by atoms with E-state index in [1.807, 2.05) is 36.4 Å². The van der Waals surface area contributed by atoms with E-state index in [0.717, 1.165) is 6.07 Å². The summed E-state index contributed by atoms with van der Waals surface area (Å²) in [6.45, 7) is 5.53. The van der Waals surface area contributed by atoms with E-state index in [4.69, 9.17) is 9.47 Å². The fourth-order valence-corrected chi connectivity index (χ4v) is 5.76. The summed E-state index contributed by atoms with van der Waals surface area (Å²) in [5.74, 6) is -1.43. The molecule has 0 amide bonds. The first-order chi connectivity index (χ1) is 23.2. The zero-order valence-electron chi connectivity index (χ0n) is 26.3. The highest BCUT2D eigenvalue weighted by Gasteiger charge is 2.32. The molecular weight excluding hydrogens is 614 g/mol. The van der Waals surface area contributed by atoms with Crippen LogP contribution < -0.4 is 20.6 Å². The van der Waals surface area contributed by atoms with Gasteiger partial charge in [0.1, 0.15) is 0 Å². The molecule has 2 aromatic heterocycles. The van der Waals surface area contributed by atoms with Crippen molar-refractivity contribution in [1.29, 1.82) is 0 Å². The monoisotopic (exact) mass is 645 g/mol. The first-order valence-electron chi connectivity index (χ1n) is 15.1. The summed E-state index contributed by atoms with van der Waals surface area (Å²) >= 11 is 0. The molecule has 0 aliphatic heterocycles. The standard InChI is InChI=1S/C36H31N5O7/c1-4-47-30-21-24(18-19-29(30)48-36(44)25-12-11-17-28(20-25)41(45)46)33(31-22(2)37-39(34(31)42)26-13-7-5-8-14-26)32-23(3)38-40(35(32)43)27-15-9-6-10-16-27/h5-21,33,37-38H,4H2,1-3H3. The maximum absolute atomic E-state index is 14.2. The Bertz CT molecular complexity index is 2150. The Hall–Kier alpha value is -6.43. The van der Waals surface area contributed by atoms with Crippen LogP contribution in [0.2, 0.25) is 0 Å². The van der Waals surface area contributed by atoms with E-state index in [-0.39, 0.29) is 40.5 Å². The summed E-state index contributed by atoms with van der Waals surface area (Å²) in [5.41, 5.74) is 2.65. The molecule has 0 unspecified atom stereocenters. The van der Waals surface area contributed by atoms with Crippen molar-refractivity contribution in [1.82, 2.24) is 19.6 Å². The van der Waals surface area contributed by atoms with Crippen LogP contribution in [0, 0.1) is 24.0 Å². The van der Waals surface area contributed by atoms with Gasteiger partial charge in [-0.2, -0.15) is 0 Å². The number of rotatable bonds is 10. The van der Waals surface area contributed by atoms with Crippen molar-refractivity contribution in [3.63, 3.8) is 0 Å². The van der Waals surface area contributed by atoms with Gasteiger partial charge >= 0.3 is 5.97 Å². The van der Waals surface area contributed by atoms with Crippen LogP contribution in [0.1, 0.15) is 51.3 Å². The molecule has 242 valence electrons. The molecule has 0 radical (unpaired) electrons. The number of ether oxygens (including phenoxy) is 2. The number of nitro groups is 1. The minimum Gasteiger partial charge on any atom is -0.490 e. The van der Waals surface area contributed by atoms with Crippen LogP contribution >= 0.6 is 0 Å². The minimum atomic E-state index is -0.867. The number of hydrogen-bond acceptors (Lipinski definition) is 7. The number of hydrogen-bond donors (Lipinski definition) is 2. The number of non-ortho nitro benzene ring substituents is 1. The Kier molecular flexibility index (Phi) is 8.63. The Morgan fingerprint density at radius 3 is 1.85 bits per heavy atom. The van der Waals surface area contributed by atoms with Crippen LogP contribution in [0.5, 0.6) is 11.5 Å². The fourth-order valence-electron chi connectivity index (χ4n) is 5.76. The van der Waals surface area contributed by atoms with Gasteiger partial charge in [0, 0.05) is 29.4 Å². The second kappa shape index (κ2) is 13.1. The lowest BCUT2D eigenvalue weighted by atomic mass is 9.85. The van der Waals surface area contributed by atoms with Crippen LogP contribution in [-0.2, 0) is 0 Å². The number of H-pyrrole nitrogens is 2. The lowest BCUT2D eigenvalue weighted by Crippen LogP contribution is -2.25. The van der Waals surface area contributed by atoms with Crippen LogP contribution in [0.25, 0.3) is 11.4 Å². The molecule has 4 aromatic carbocycles. The fraction of sp³-hybridized carbons (Fsp3) is 0.139. The molecular formula is C36H31N5O7. The molecule has 12 heteroatoms. The van der Waals surface area contributed by atoms with Crippen LogP contribution in [0.15, 0.2) is 113 Å². The van der Waals surface area contributed by atoms with E-state index in [1.54, 1.807) is 57.2 Å². The number of aryl methyl sites for hydroxylation is 2. The third kappa shape index (κ3) is 5.94. The van der Waals surface area contributed by atoms with Crippen molar-refractivity contribution in [2.75, 3.05) is 6.61 Å². The third-order valence-corrected chi connectivity index (χ3v) is 7.94. The van der Waals surface area contributed by atoms with Gasteiger partial charge in [-0.1, -0.05) is 48.5 Å². The molecule has 0 aliphatic carbocycles. The molecule has 0 atom stereocenters. The third-order valence-electron chi connectivity index (χ3n) is 7.94. The van der Waals surface area contributed by atoms with Gasteiger partial charge in [0.2, 0.25) is 0 Å². The van der Waals surface area contributed by atoms with Gasteiger partial charge in [0.05, 0.1) is 39.6 Å². The minimum absolute atomic E-state index is 0.0116. The molecule has 2 N–H and O–H groups in total. The Morgan fingerprint density at radius 2 is 1.33 bits per heavy atom. The highest BCUT2D eigenvalue weighted by molar-refractivity contribution is 5.92. The second-order valence-corrected chi connectivity index (χ2v) is 11.0. The molecule has 0 fully saturated rings. The molecule has 2 heterocycles. The van der Waals surface area contributed by atoms with E-state index >= 15 is 0 Å². The largest absolute Gasteiger partial charge is 0.490 e. The number of nitro benzene ring substituents is 1. The highest BCUT2D eigenvalue weighted by atomic mass is 16.6. The lowest BCUT2D eigenvalue weighted by Gasteiger charge is -2.18. The molecule has 0 spiro atoms. The number of benzene rings is 4. The number of carbonyl (C=O) groups excluding carboxylic acids is 1. The Balaban J connectivity index is 1.51. The summed E-state index contributed by atoms with van der Waals surface area (Å²) in [5, 5.41) is 17.6. The van der Waals surface area contributed by atoms with E-state index in [2.05, 4.69) is 10.2 Å². The Labute approximate surface area is 273 Å². The summed E-state index contributed by atoms with van der Waals surface area (Å²) in [7, 11) is 0. The van der Waals surface area contributed by atoms with Crippen LogP contribution in [-0.4, -0.2) is 37.1 Å². The molecule has 0 aliphatic rings. The molecule has 48 heavy (non-hydrogen) atoms. The number of carbonyl (C=O) groups is 1. The first kappa shape index (κ1) is 31.5. The van der Waals surface area contributed by atoms with Gasteiger partial charge in [-0.3, -0.25) is 29.9 Å². The van der Waals surface area contributed by atoms with Gasteiger partial charge in [0.15, 0.2) is 11.5 Å². The lowest BCUT2D eigenvalue weighted by molar-refractivity contribution is -0.384. The van der Waals surface area contributed by atoms with Crippen LogP contribution in [0.3, 0.4) is 0 Å². The zero-order valence-corrected chi connectivity index (χ0v) is 26.3. The summed E-state index contributed by atoms with van der Waals surface area (Å²) in [6.07, 6.45) is 0. The summed E-state index contributed by atoms with van der Waals surface area (Å²) in [4.78, 5) is 52.1. The van der Waals surface area contributed by atoms with E-state index in [0.29, 0.717) is 39.5 Å². The quantitative estimate of drug-likeness (QED) is 0.0805. The summed E-state index contributed by atoms with van der Waals surface area (Å²) < 4.78 is 14.4. The van der Waals surface area contributed by atoms with E-state index in [1.165, 1.54) is 33.6 Å². The highest BCUT2D eigenvalue weighted by Crippen LogP contribution is 2.38. The number of nitrogens with zero attached hydrogens (tertiary/aromatic N) is 3. The molecule has 0 bridgehead atoms. The van der Waals surface area contributed by atoms with Gasteiger partial charge in [-0.15, -0.1) is 0 Å². The number of nitrogens with one attached hydrogen (secondary N) is 2. The predicted octanol–water partition coefficient (Wildman–Crippen LogP) is 5.97. The molecule has 0 saturated heterocycles. The number of esters is 1. The normalized spacial score (nSPS) is 11.1. The molecule has 6 aromatic rings. The maximum Gasteiger partial charge on any atom is 0.343 e. The zero-order chi connectivity index (χ0) is 33.9. The van der Waals surface area contributed by atoms with Gasteiger partial charge in [-0.05, 0) is 68.8 Å². The van der Waals surface area contributed by atoms with Crippen molar-refractivity contribution in [3.8, 4) is 22.9 Å². The first-order valence-corrected chi connectivity index (χ1v) is 15.1. The maximum atomic E-state index is 14.2. The number of aromatic amines is 2. The van der Waals surface area contributed by atoms with Crippen molar-refractivity contribution >= 4 is 11.7 Å². The molecule has 0 saturated carbocycles. The van der Waals surface area contributed by atoms with Crippen molar-refractivity contribution in [2.45, 2.75) is 26.7 Å². The predicted molar refractivity (Wildman–Crippen MR) is 179 cm³/mol. The van der Waals surface area contributed by atoms with E-state index in [9.17, 15) is 24.5 Å². The number of aromatic nitrogens is 4. The van der Waals surface area contributed by atoms with Crippen molar-refractivity contribution in [3.05, 3.63) is 168 Å². The smallest absolute Gasteiger partial charge is 0.343 e. The van der Waals surface area contributed by atoms with Crippen LogP contribution in [0.4, 0.5) is 5.69 Å². The molecule has 6 rings (SSSR count). The average molecular weight is 646 g/mol. The van der Waals surface area contributed by atoms with Crippen molar-refractivity contribution < 1.29 is 19.2 Å². The van der Waals surface area contributed by atoms with Crippen molar-refractivity contribution in [2.24, 2.45) is 0 Å². The van der Waals surface area contributed by atoms with Gasteiger partial charge in [-0.25, -0.2) is 14.2 Å². The number of para-hydroxylation sites is 2. The molecule has 12 nitrogen and oxygen atoms in total. The Morgan fingerprint density at radius 1 is 0.771 bits per heavy atom. The average Bonchev–Trinajstić information content (AvgIpc) is 3.56. The topological polar surface area (TPSA) is 154 Å². The van der Waals surface area contributed by atoms with Gasteiger partial charge in [0.25, 0.3) is 16.8 Å². The summed E-state index contributed by atoms with van der Waals surface area (Å²) in [6, 6.07) is 28.3. The second-order valence-electron chi connectivity index (χ2n) is 11.0. The van der Waals surface area contributed by atoms with E-state index < -0.39 is 16.8 Å².